The number of hydrogen-bond acceptors (Lipinski definition) is 8. The van der Waals surface area contributed by atoms with Crippen LogP contribution in [0.2, 0.25) is 0 Å². The third-order valence-corrected chi connectivity index (χ3v) is 4.61. The smallest absolute Gasteiger partial charge is 0.411 e. The summed E-state index contributed by atoms with van der Waals surface area (Å²) < 4.78 is 28.4. The number of nitrogens with one attached hydrogen (secondary N) is 1. The number of anilines is 1. The highest BCUT2D eigenvalue weighted by Gasteiger charge is 2.18. The molecule has 32 heavy (non-hydrogen) atoms. The van der Waals surface area contributed by atoms with E-state index in [0.717, 1.165) is 12.0 Å². The Bertz CT molecular complexity index is 1060. The summed E-state index contributed by atoms with van der Waals surface area (Å²) in [7, 11) is 6.16. The van der Waals surface area contributed by atoms with Crippen molar-refractivity contribution in [1.82, 2.24) is 15.0 Å². The Kier molecular flexibility index (Phi) is 7.37. The largest absolute Gasteiger partial charge is 0.495 e. The molecule has 0 saturated heterocycles. The summed E-state index contributed by atoms with van der Waals surface area (Å²) in [6, 6.07) is 8.89. The molecule has 0 fully saturated rings. The van der Waals surface area contributed by atoms with E-state index in [1.54, 1.807) is 56.5 Å². The van der Waals surface area contributed by atoms with E-state index < -0.39 is 6.09 Å². The second kappa shape index (κ2) is 10.4. The van der Waals surface area contributed by atoms with Crippen LogP contribution in [0, 0.1) is 0 Å². The predicted octanol–water partition coefficient (Wildman–Crippen LogP) is 3.93. The Hall–Kier alpha value is -3.95. The van der Waals surface area contributed by atoms with Gasteiger partial charge >= 0.3 is 6.09 Å². The minimum Gasteiger partial charge on any atom is -0.495 e. The van der Waals surface area contributed by atoms with E-state index in [-0.39, 0.29) is 0 Å². The van der Waals surface area contributed by atoms with Crippen LogP contribution in [0.25, 0.3) is 16.9 Å². The summed E-state index contributed by atoms with van der Waals surface area (Å²) in [5, 5.41) is 11.0. The van der Waals surface area contributed by atoms with E-state index in [4.69, 9.17) is 23.7 Å². The number of nitrogens with zero attached hydrogens (tertiary/aromatic N) is 3. The molecule has 0 unspecified atom stereocenters. The molecule has 1 aromatic heterocycles. The molecule has 0 atom stereocenters. The van der Waals surface area contributed by atoms with Crippen LogP contribution < -0.4 is 24.3 Å². The number of benzene rings is 2. The lowest BCUT2D eigenvalue weighted by Crippen LogP contribution is -2.14. The first-order valence-electron chi connectivity index (χ1n) is 9.89. The van der Waals surface area contributed by atoms with Crippen molar-refractivity contribution in [2.24, 2.45) is 0 Å². The van der Waals surface area contributed by atoms with Crippen LogP contribution in [0.4, 0.5) is 10.5 Å². The van der Waals surface area contributed by atoms with Crippen LogP contribution in [-0.2, 0) is 4.74 Å². The Labute approximate surface area is 186 Å². The lowest BCUT2D eigenvalue weighted by molar-refractivity contribution is 0.161. The first kappa shape index (κ1) is 22.7. The average molecular weight is 442 g/mol. The molecule has 1 N–H and O–H groups in total. The maximum Gasteiger partial charge on any atom is 0.411 e. The van der Waals surface area contributed by atoms with Crippen LogP contribution >= 0.6 is 0 Å². The van der Waals surface area contributed by atoms with E-state index in [1.165, 1.54) is 7.11 Å². The summed E-state index contributed by atoms with van der Waals surface area (Å²) in [5.41, 5.74) is 2.53. The van der Waals surface area contributed by atoms with Crippen molar-refractivity contribution in [1.29, 1.82) is 0 Å². The number of hydrogen-bond donors (Lipinski definition) is 1. The molecule has 3 rings (SSSR count). The van der Waals surface area contributed by atoms with Gasteiger partial charge in [-0.3, -0.25) is 5.32 Å². The van der Waals surface area contributed by atoms with Crippen molar-refractivity contribution in [2.75, 3.05) is 40.4 Å². The fourth-order valence-corrected chi connectivity index (χ4v) is 3.12. The predicted molar refractivity (Wildman–Crippen MR) is 118 cm³/mol. The van der Waals surface area contributed by atoms with Crippen molar-refractivity contribution < 1.29 is 28.5 Å². The number of carbonyl (C=O) groups is 1. The maximum absolute atomic E-state index is 12.1. The van der Waals surface area contributed by atoms with Gasteiger partial charge in [0.25, 0.3) is 0 Å². The Morgan fingerprint density at radius 3 is 2.25 bits per heavy atom. The SMILES string of the molecule is CCCOC(=O)Nc1cc(-c2cnnn2-c2cc(OC)c(OC)c(OC)c2)ccc1OC. The molecule has 2 aromatic carbocycles. The molecule has 0 spiro atoms. The van der Waals surface area contributed by atoms with Gasteiger partial charge in [0.15, 0.2) is 11.5 Å². The van der Waals surface area contributed by atoms with E-state index >= 15 is 0 Å². The molecule has 1 amide bonds. The van der Waals surface area contributed by atoms with Crippen LogP contribution in [0.15, 0.2) is 36.5 Å². The number of carbonyl (C=O) groups excluding carboxylic acids is 1. The molecule has 170 valence electrons. The van der Waals surface area contributed by atoms with E-state index in [9.17, 15) is 4.79 Å². The molecule has 10 heteroatoms. The highest BCUT2D eigenvalue weighted by molar-refractivity contribution is 5.88. The molecule has 0 saturated carbocycles. The van der Waals surface area contributed by atoms with Gasteiger partial charge in [-0.25, -0.2) is 9.48 Å². The first-order chi connectivity index (χ1) is 15.6. The van der Waals surface area contributed by atoms with Crippen LogP contribution in [0.5, 0.6) is 23.0 Å². The van der Waals surface area contributed by atoms with Crippen molar-refractivity contribution in [3.63, 3.8) is 0 Å². The van der Waals surface area contributed by atoms with Crippen molar-refractivity contribution in [3.8, 4) is 39.9 Å². The number of rotatable bonds is 9. The van der Waals surface area contributed by atoms with Gasteiger partial charge in [-0.05, 0) is 24.6 Å². The van der Waals surface area contributed by atoms with Gasteiger partial charge in [-0.15, -0.1) is 5.10 Å². The zero-order valence-electron chi connectivity index (χ0n) is 18.7. The zero-order chi connectivity index (χ0) is 23.1. The lowest BCUT2D eigenvalue weighted by Gasteiger charge is -2.15. The van der Waals surface area contributed by atoms with Gasteiger partial charge in [0, 0.05) is 17.7 Å². The number of methoxy groups -OCH3 is 4. The first-order valence-corrected chi connectivity index (χ1v) is 9.89. The average Bonchev–Trinajstić information content (AvgIpc) is 3.31. The molecule has 0 radical (unpaired) electrons. The van der Waals surface area contributed by atoms with Gasteiger partial charge < -0.3 is 23.7 Å². The highest BCUT2D eigenvalue weighted by atomic mass is 16.5. The summed E-state index contributed by atoms with van der Waals surface area (Å²) >= 11 is 0. The lowest BCUT2D eigenvalue weighted by atomic mass is 10.1. The molecule has 0 aliphatic rings. The second-order valence-electron chi connectivity index (χ2n) is 6.59. The fourth-order valence-electron chi connectivity index (χ4n) is 3.12. The third kappa shape index (κ3) is 4.69. The second-order valence-corrected chi connectivity index (χ2v) is 6.59. The van der Waals surface area contributed by atoms with Gasteiger partial charge in [0.2, 0.25) is 5.75 Å². The number of aromatic nitrogens is 3. The third-order valence-electron chi connectivity index (χ3n) is 4.61. The molecule has 3 aromatic rings. The normalized spacial score (nSPS) is 10.4. The number of ether oxygens (including phenoxy) is 5. The van der Waals surface area contributed by atoms with Gasteiger partial charge in [0.1, 0.15) is 5.75 Å². The van der Waals surface area contributed by atoms with Crippen LogP contribution in [-0.4, -0.2) is 56.1 Å². The quantitative estimate of drug-likeness (QED) is 0.531. The molecular formula is C22H26N4O6. The molecule has 0 aliphatic carbocycles. The van der Waals surface area contributed by atoms with E-state index in [0.29, 0.717) is 46.7 Å². The van der Waals surface area contributed by atoms with Crippen molar-refractivity contribution >= 4 is 11.8 Å². The standard InChI is InChI=1S/C22H26N4O6/c1-6-9-32-22(27)24-16-10-14(7-8-18(16)28-2)17-13-23-25-26(17)15-11-19(29-3)21(31-5)20(12-15)30-4/h7-8,10-13H,6,9H2,1-5H3,(H,24,27). The van der Waals surface area contributed by atoms with Crippen LogP contribution in [0.1, 0.15) is 13.3 Å². The Morgan fingerprint density at radius 1 is 0.969 bits per heavy atom. The highest BCUT2D eigenvalue weighted by Crippen LogP contribution is 2.40. The summed E-state index contributed by atoms with van der Waals surface area (Å²) in [6.45, 7) is 2.25. The van der Waals surface area contributed by atoms with Crippen LogP contribution in [0.3, 0.4) is 0 Å². The number of amides is 1. The molecule has 10 nitrogen and oxygen atoms in total. The monoisotopic (exact) mass is 442 g/mol. The molecule has 0 bridgehead atoms. The molecule has 1 heterocycles. The molecule has 0 aliphatic heterocycles. The van der Waals surface area contributed by atoms with Crippen molar-refractivity contribution in [2.45, 2.75) is 13.3 Å². The summed E-state index contributed by atoms with van der Waals surface area (Å²) in [6.07, 6.45) is 1.78. The maximum atomic E-state index is 12.1. The molecular weight excluding hydrogens is 416 g/mol. The van der Waals surface area contributed by atoms with E-state index in [2.05, 4.69) is 15.6 Å². The fraction of sp³-hybridized carbons (Fsp3) is 0.318. The Balaban J connectivity index is 2.03. The van der Waals surface area contributed by atoms with Gasteiger partial charge in [-0.2, -0.15) is 0 Å². The minimum absolute atomic E-state index is 0.325. The van der Waals surface area contributed by atoms with Gasteiger partial charge in [-0.1, -0.05) is 12.1 Å². The van der Waals surface area contributed by atoms with E-state index in [1.807, 2.05) is 13.0 Å². The summed E-state index contributed by atoms with van der Waals surface area (Å²) in [5.74, 6) is 1.94. The van der Waals surface area contributed by atoms with Crippen molar-refractivity contribution in [3.05, 3.63) is 36.5 Å². The summed E-state index contributed by atoms with van der Waals surface area (Å²) in [4.78, 5) is 12.1. The van der Waals surface area contributed by atoms with Gasteiger partial charge in [0.05, 0.1) is 58.3 Å². The minimum atomic E-state index is -0.557. The topological polar surface area (TPSA) is 106 Å². The Morgan fingerprint density at radius 2 is 1.66 bits per heavy atom. The zero-order valence-corrected chi connectivity index (χ0v) is 18.7.